The molecule has 0 amide bonds. The maximum atomic E-state index is 8.64. The topological polar surface area (TPSA) is 41.8 Å². The van der Waals surface area contributed by atoms with Gasteiger partial charge in [0.05, 0.1) is 12.3 Å². The van der Waals surface area contributed by atoms with Gasteiger partial charge in [-0.2, -0.15) is 0 Å². The lowest BCUT2D eigenvalue weighted by Gasteiger charge is -2.06. The normalized spacial score (nSPS) is 11.5. The number of unbranched alkanes of at least 4 members (excludes halogenated alkanes) is 1. The molecule has 0 spiro atoms. The molecular weight excluding hydrogens is 190 g/mol. The third-order valence-corrected chi connectivity index (χ3v) is 2.17. The fourth-order valence-electron chi connectivity index (χ4n) is 1.20. The Bertz CT molecular complexity index is 334. The maximum Gasteiger partial charge on any atom is 0.119 e. The van der Waals surface area contributed by atoms with Crippen molar-refractivity contribution in [3.05, 3.63) is 29.8 Å². The molecule has 1 aromatic carbocycles. The summed E-state index contributed by atoms with van der Waals surface area (Å²) >= 11 is 0. The SMILES string of the molecule is CCCCOc1cccc(/C(C)=N/O)c1. The number of hydrogen-bond acceptors (Lipinski definition) is 3. The molecule has 0 fully saturated rings. The molecule has 0 radical (unpaired) electrons. The van der Waals surface area contributed by atoms with Crippen LogP contribution in [0.1, 0.15) is 32.3 Å². The molecule has 0 saturated carbocycles. The Hall–Kier alpha value is -1.51. The first-order chi connectivity index (χ1) is 7.27. The number of oxime groups is 1. The monoisotopic (exact) mass is 207 g/mol. The van der Waals surface area contributed by atoms with Gasteiger partial charge in [-0.05, 0) is 25.5 Å². The van der Waals surface area contributed by atoms with Gasteiger partial charge in [-0.1, -0.05) is 30.6 Å². The van der Waals surface area contributed by atoms with E-state index in [1.807, 2.05) is 24.3 Å². The number of hydrogen-bond donors (Lipinski definition) is 1. The highest BCUT2D eigenvalue weighted by Crippen LogP contribution is 2.14. The predicted molar refractivity (Wildman–Crippen MR) is 60.8 cm³/mol. The van der Waals surface area contributed by atoms with Crippen molar-refractivity contribution in [2.45, 2.75) is 26.7 Å². The first-order valence-electron chi connectivity index (χ1n) is 5.19. The van der Waals surface area contributed by atoms with E-state index in [1.54, 1.807) is 6.92 Å². The van der Waals surface area contributed by atoms with Crippen molar-refractivity contribution in [1.82, 2.24) is 0 Å². The van der Waals surface area contributed by atoms with Crippen LogP contribution in [0.3, 0.4) is 0 Å². The summed E-state index contributed by atoms with van der Waals surface area (Å²) in [5.74, 6) is 0.823. The summed E-state index contributed by atoms with van der Waals surface area (Å²) in [5, 5.41) is 11.8. The number of rotatable bonds is 5. The molecule has 1 aromatic rings. The van der Waals surface area contributed by atoms with Crippen molar-refractivity contribution in [2.24, 2.45) is 5.16 Å². The molecule has 0 heterocycles. The van der Waals surface area contributed by atoms with E-state index in [0.29, 0.717) is 5.71 Å². The van der Waals surface area contributed by atoms with Crippen LogP contribution < -0.4 is 4.74 Å². The van der Waals surface area contributed by atoms with E-state index in [2.05, 4.69) is 12.1 Å². The Kier molecular flexibility index (Phi) is 4.68. The second kappa shape index (κ2) is 6.06. The van der Waals surface area contributed by atoms with Crippen LogP contribution in [0.25, 0.3) is 0 Å². The number of benzene rings is 1. The van der Waals surface area contributed by atoms with Crippen molar-refractivity contribution in [2.75, 3.05) is 6.61 Å². The summed E-state index contributed by atoms with van der Waals surface area (Å²) in [6, 6.07) is 7.57. The third kappa shape index (κ3) is 3.62. The quantitative estimate of drug-likeness (QED) is 0.349. The van der Waals surface area contributed by atoms with Gasteiger partial charge in [-0.3, -0.25) is 0 Å². The zero-order valence-electron chi connectivity index (χ0n) is 9.23. The Morgan fingerprint density at radius 3 is 2.93 bits per heavy atom. The molecule has 3 nitrogen and oxygen atoms in total. The van der Waals surface area contributed by atoms with E-state index < -0.39 is 0 Å². The number of ether oxygens (including phenoxy) is 1. The highest BCUT2D eigenvalue weighted by molar-refractivity contribution is 5.98. The Balaban J connectivity index is 2.66. The molecule has 0 unspecified atom stereocenters. The summed E-state index contributed by atoms with van der Waals surface area (Å²) in [4.78, 5) is 0. The minimum Gasteiger partial charge on any atom is -0.494 e. The van der Waals surface area contributed by atoms with E-state index in [1.165, 1.54) is 0 Å². The fourth-order valence-corrected chi connectivity index (χ4v) is 1.20. The molecule has 3 heteroatoms. The zero-order chi connectivity index (χ0) is 11.1. The van der Waals surface area contributed by atoms with Crippen LogP contribution >= 0.6 is 0 Å². The standard InChI is InChI=1S/C12H17NO2/c1-3-4-8-15-12-7-5-6-11(9-12)10(2)13-14/h5-7,9,14H,3-4,8H2,1-2H3/b13-10+. The molecule has 0 aromatic heterocycles. The molecule has 0 aliphatic carbocycles. The molecule has 0 aliphatic rings. The lowest BCUT2D eigenvalue weighted by atomic mass is 10.1. The second-order valence-electron chi connectivity index (χ2n) is 3.42. The highest BCUT2D eigenvalue weighted by atomic mass is 16.5. The zero-order valence-corrected chi connectivity index (χ0v) is 9.23. The van der Waals surface area contributed by atoms with Gasteiger partial charge >= 0.3 is 0 Å². The van der Waals surface area contributed by atoms with E-state index in [9.17, 15) is 0 Å². The second-order valence-corrected chi connectivity index (χ2v) is 3.42. The van der Waals surface area contributed by atoms with E-state index in [-0.39, 0.29) is 0 Å². The molecule has 1 N–H and O–H groups in total. The smallest absolute Gasteiger partial charge is 0.119 e. The average molecular weight is 207 g/mol. The van der Waals surface area contributed by atoms with Gasteiger partial charge in [0, 0.05) is 5.56 Å². The van der Waals surface area contributed by atoms with Crippen molar-refractivity contribution < 1.29 is 9.94 Å². The summed E-state index contributed by atoms with van der Waals surface area (Å²) < 4.78 is 5.55. The van der Waals surface area contributed by atoms with E-state index >= 15 is 0 Å². The van der Waals surface area contributed by atoms with Crippen molar-refractivity contribution >= 4 is 5.71 Å². The minimum absolute atomic E-state index is 0.593. The van der Waals surface area contributed by atoms with Crippen molar-refractivity contribution in [3.8, 4) is 5.75 Å². The average Bonchev–Trinajstić information content (AvgIpc) is 2.29. The molecule has 1 rings (SSSR count). The van der Waals surface area contributed by atoms with Gasteiger partial charge in [-0.15, -0.1) is 0 Å². The summed E-state index contributed by atoms with van der Waals surface area (Å²) in [6.45, 7) is 4.61. The molecule has 0 saturated heterocycles. The molecule has 82 valence electrons. The van der Waals surface area contributed by atoms with Crippen LogP contribution in [0.15, 0.2) is 29.4 Å². The summed E-state index contributed by atoms with van der Waals surface area (Å²) in [6.07, 6.45) is 2.17. The largest absolute Gasteiger partial charge is 0.494 e. The Labute approximate surface area is 90.4 Å². The van der Waals surface area contributed by atoms with Crippen molar-refractivity contribution in [1.29, 1.82) is 0 Å². The highest BCUT2D eigenvalue weighted by Gasteiger charge is 1.99. The lowest BCUT2D eigenvalue weighted by molar-refractivity contribution is 0.309. The van der Waals surface area contributed by atoms with E-state index in [0.717, 1.165) is 30.8 Å². The first-order valence-corrected chi connectivity index (χ1v) is 5.19. The predicted octanol–water partition coefficient (Wildman–Crippen LogP) is 3.06. The molecule has 0 aliphatic heterocycles. The fraction of sp³-hybridized carbons (Fsp3) is 0.417. The van der Waals surface area contributed by atoms with Crippen LogP contribution in [-0.2, 0) is 0 Å². The van der Waals surface area contributed by atoms with Crippen LogP contribution in [-0.4, -0.2) is 17.5 Å². The van der Waals surface area contributed by atoms with Gasteiger partial charge in [0.1, 0.15) is 5.75 Å². The lowest BCUT2D eigenvalue weighted by Crippen LogP contribution is -1.99. The molecular formula is C12H17NO2. The minimum atomic E-state index is 0.593. The van der Waals surface area contributed by atoms with E-state index in [4.69, 9.17) is 9.94 Å². The van der Waals surface area contributed by atoms with Gasteiger partial charge < -0.3 is 9.94 Å². The van der Waals surface area contributed by atoms with Gasteiger partial charge in [0.15, 0.2) is 0 Å². The van der Waals surface area contributed by atoms with Crippen LogP contribution in [0, 0.1) is 0 Å². The van der Waals surface area contributed by atoms with Crippen LogP contribution in [0.2, 0.25) is 0 Å². The maximum absolute atomic E-state index is 8.64. The first kappa shape index (κ1) is 11.6. The van der Waals surface area contributed by atoms with Crippen molar-refractivity contribution in [3.63, 3.8) is 0 Å². The summed E-state index contributed by atoms with van der Waals surface area (Å²) in [5.41, 5.74) is 1.47. The van der Waals surface area contributed by atoms with Crippen LogP contribution in [0.4, 0.5) is 0 Å². The Morgan fingerprint density at radius 1 is 1.47 bits per heavy atom. The van der Waals surface area contributed by atoms with Gasteiger partial charge in [-0.25, -0.2) is 0 Å². The molecule has 15 heavy (non-hydrogen) atoms. The molecule has 0 atom stereocenters. The molecule has 0 bridgehead atoms. The Morgan fingerprint density at radius 2 is 2.27 bits per heavy atom. The summed E-state index contributed by atoms with van der Waals surface area (Å²) in [7, 11) is 0. The van der Waals surface area contributed by atoms with Gasteiger partial charge in [0.25, 0.3) is 0 Å². The third-order valence-electron chi connectivity index (χ3n) is 2.17. The van der Waals surface area contributed by atoms with Gasteiger partial charge in [0.2, 0.25) is 0 Å². The van der Waals surface area contributed by atoms with Crippen LogP contribution in [0.5, 0.6) is 5.75 Å². The number of nitrogens with zero attached hydrogens (tertiary/aromatic N) is 1.